The first-order valence-electron chi connectivity index (χ1n) is 9.73. The van der Waals surface area contributed by atoms with Gasteiger partial charge >= 0.3 is 0 Å². The van der Waals surface area contributed by atoms with Crippen LogP contribution in [0.1, 0.15) is 44.4 Å². The van der Waals surface area contributed by atoms with Crippen LogP contribution in [0.5, 0.6) is 11.5 Å². The van der Waals surface area contributed by atoms with Gasteiger partial charge in [-0.3, -0.25) is 20.4 Å². The monoisotopic (exact) mass is 432 g/mol. The molecule has 6 nitrogen and oxygen atoms in total. The number of carbonyl (C=O) groups excluding carboxylic acids is 2. The first-order chi connectivity index (χ1) is 14.0. The van der Waals surface area contributed by atoms with Gasteiger partial charge in [-0.1, -0.05) is 44.5 Å². The quantitative estimate of drug-likeness (QED) is 0.669. The Hall–Kier alpha value is -2.73. The van der Waals surface area contributed by atoms with Crippen LogP contribution in [0.3, 0.4) is 0 Å². The third kappa shape index (κ3) is 6.66. The van der Waals surface area contributed by atoms with Crippen LogP contribution in [-0.4, -0.2) is 24.5 Å². The molecule has 0 bridgehead atoms. The van der Waals surface area contributed by atoms with Crippen LogP contribution in [-0.2, 0) is 15.0 Å². The Labute approximate surface area is 182 Å². The van der Waals surface area contributed by atoms with Crippen LogP contribution >= 0.6 is 11.6 Å². The average Bonchev–Trinajstić information content (AvgIpc) is 2.68. The minimum atomic E-state index is -0.784. The Kier molecular flexibility index (Phi) is 7.73. The molecule has 0 aliphatic carbocycles. The van der Waals surface area contributed by atoms with Gasteiger partial charge in [-0.2, -0.15) is 0 Å². The summed E-state index contributed by atoms with van der Waals surface area (Å²) in [5.41, 5.74) is 7.60. The largest absolute Gasteiger partial charge is 0.484 e. The summed E-state index contributed by atoms with van der Waals surface area (Å²) >= 11 is 6.12. The fourth-order valence-electron chi connectivity index (χ4n) is 2.70. The van der Waals surface area contributed by atoms with Gasteiger partial charge in [0.05, 0.1) is 0 Å². The maximum Gasteiger partial charge on any atom is 0.279 e. The van der Waals surface area contributed by atoms with E-state index in [1.54, 1.807) is 19.1 Å². The van der Waals surface area contributed by atoms with E-state index in [-0.39, 0.29) is 12.0 Å². The molecule has 0 radical (unpaired) electrons. The number of hydrogen-bond donors (Lipinski definition) is 2. The minimum absolute atomic E-state index is 0.0390. The molecule has 2 amide bonds. The lowest BCUT2D eigenvalue weighted by atomic mass is 9.87. The number of benzene rings is 2. The Morgan fingerprint density at radius 1 is 1.00 bits per heavy atom. The maximum absolute atomic E-state index is 12.2. The van der Waals surface area contributed by atoms with Crippen molar-refractivity contribution in [2.45, 2.75) is 53.1 Å². The SMILES string of the molecule is Cc1cc(OCC(=O)NNC(=O)C(C)Oc2ccc(C(C)(C)C)cc2)cc(C)c1Cl. The van der Waals surface area contributed by atoms with E-state index in [0.29, 0.717) is 16.5 Å². The summed E-state index contributed by atoms with van der Waals surface area (Å²) < 4.78 is 11.1. The summed E-state index contributed by atoms with van der Waals surface area (Å²) in [6, 6.07) is 11.1. The van der Waals surface area contributed by atoms with Crippen molar-refractivity contribution >= 4 is 23.4 Å². The van der Waals surface area contributed by atoms with E-state index in [1.807, 2.05) is 38.1 Å². The van der Waals surface area contributed by atoms with Gasteiger partial charge in [0.2, 0.25) is 0 Å². The zero-order valence-electron chi connectivity index (χ0n) is 18.3. The summed E-state index contributed by atoms with van der Waals surface area (Å²) in [4.78, 5) is 24.1. The van der Waals surface area contributed by atoms with Crippen molar-refractivity contribution in [3.8, 4) is 11.5 Å². The van der Waals surface area contributed by atoms with Crippen LogP contribution in [0.4, 0.5) is 0 Å². The van der Waals surface area contributed by atoms with Crippen molar-refractivity contribution in [1.82, 2.24) is 10.9 Å². The molecule has 7 heteroatoms. The second-order valence-corrected chi connectivity index (χ2v) is 8.61. The third-order valence-electron chi connectivity index (χ3n) is 4.51. The van der Waals surface area contributed by atoms with Crippen LogP contribution in [0, 0.1) is 13.8 Å². The van der Waals surface area contributed by atoms with Gasteiger partial charge < -0.3 is 9.47 Å². The molecule has 162 valence electrons. The molecule has 30 heavy (non-hydrogen) atoms. The molecular weight excluding hydrogens is 404 g/mol. The van der Waals surface area contributed by atoms with Gasteiger partial charge in [-0.05, 0) is 67.1 Å². The summed E-state index contributed by atoms with van der Waals surface area (Å²) in [6.07, 6.45) is -0.784. The van der Waals surface area contributed by atoms with E-state index in [9.17, 15) is 9.59 Å². The van der Waals surface area contributed by atoms with E-state index < -0.39 is 17.9 Å². The number of carbonyl (C=O) groups is 2. The molecule has 0 aliphatic rings. The second-order valence-electron chi connectivity index (χ2n) is 8.23. The summed E-state index contributed by atoms with van der Waals surface area (Å²) in [7, 11) is 0. The van der Waals surface area contributed by atoms with E-state index in [4.69, 9.17) is 21.1 Å². The highest BCUT2D eigenvalue weighted by Gasteiger charge is 2.17. The van der Waals surface area contributed by atoms with Crippen LogP contribution in [0.2, 0.25) is 5.02 Å². The van der Waals surface area contributed by atoms with Gasteiger partial charge in [0.25, 0.3) is 11.8 Å². The molecule has 0 heterocycles. The topological polar surface area (TPSA) is 76.7 Å². The molecule has 2 aromatic carbocycles. The van der Waals surface area contributed by atoms with E-state index in [2.05, 4.69) is 31.6 Å². The molecule has 2 rings (SSSR count). The molecule has 2 N–H and O–H groups in total. The number of nitrogens with one attached hydrogen (secondary N) is 2. The lowest BCUT2D eigenvalue weighted by molar-refractivity contribution is -0.133. The van der Waals surface area contributed by atoms with Crippen LogP contribution in [0.15, 0.2) is 36.4 Å². The Bertz CT molecular complexity index is 881. The Balaban J connectivity index is 1.79. The third-order valence-corrected chi connectivity index (χ3v) is 5.10. The van der Waals surface area contributed by atoms with Crippen molar-refractivity contribution < 1.29 is 19.1 Å². The van der Waals surface area contributed by atoms with Crippen molar-refractivity contribution in [2.24, 2.45) is 0 Å². The van der Waals surface area contributed by atoms with Gasteiger partial charge in [-0.15, -0.1) is 0 Å². The highest BCUT2D eigenvalue weighted by atomic mass is 35.5. The fraction of sp³-hybridized carbons (Fsp3) is 0.391. The lowest BCUT2D eigenvalue weighted by Gasteiger charge is -2.20. The fourth-order valence-corrected chi connectivity index (χ4v) is 2.81. The van der Waals surface area contributed by atoms with E-state index in [0.717, 1.165) is 11.1 Å². The lowest BCUT2D eigenvalue weighted by Crippen LogP contribution is -2.48. The van der Waals surface area contributed by atoms with Crippen molar-refractivity contribution in [3.63, 3.8) is 0 Å². The predicted octanol–water partition coefficient (Wildman–Crippen LogP) is 4.25. The first-order valence-corrected chi connectivity index (χ1v) is 10.1. The average molecular weight is 433 g/mol. The van der Waals surface area contributed by atoms with E-state index >= 15 is 0 Å². The van der Waals surface area contributed by atoms with Crippen molar-refractivity contribution in [3.05, 3.63) is 58.1 Å². The normalized spacial score (nSPS) is 12.1. The van der Waals surface area contributed by atoms with Crippen LogP contribution < -0.4 is 20.3 Å². The zero-order valence-corrected chi connectivity index (χ0v) is 19.0. The Morgan fingerprint density at radius 2 is 1.57 bits per heavy atom. The number of aryl methyl sites for hydroxylation is 2. The molecule has 2 aromatic rings. The van der Waals surface area contributed by atoms with Gasteiger partial charge in [0.15, 0.2) is 12.7 Å². The molecule has 0 aromatic heterocycles. The zero-order chi connectivity index (χ0) is 22.5. The summed E-state index contributed by atoms with van der Waals surface area (Å²) in [6.45, 7) is 11.5. The molecule has 0 fully saturated rings. The molecule has 0 spiro atoms. The molecule has 0 saturated carbocycles. The highest BCUT2D eigenvalue weighted by molar-refractivity contribution is 6.32. The summed E-state index contributed by atoms with van der Waals surface area (Å²) in [5, 5.41) is 0.668. The van der Waals surface area contributed by atoms with Gasteiger partial charge in [0, 0.05) is 5.02 Å². The molecule has 0 aliphatic heterocycles. The number of ether oxygens (including phenoxy) is 2. The number of hydrogen-bond acceptors (Lipinski definition) is 4. The Morgan fingerprint density at radius 3 is 2.10 bits per heavy atom. The van der Waals surface area contributed by atoms with Crippen molar-refractivity contribution in [1.29, 1.82) is 0 Å². The molecule has 1 unspecified atom stereocenters. The number of rotatable bonds is 6. The minimum Gasteiger partial charge on any atom is -0.484 e. The maximum atomic E-state index is 12.2. The van der Waals surface area contributed by atoms with E-state index in [1.165, 1.54) is 5.56 Å². The number of halogens is 1. The van der Waals surface area contributed by atoms with Crippen LogP contribution in [0.25, 0.3) is 0 Å². The second kappa shape index (κ2) is 9.85. The van der Waals surface area contributed by atoms with Crippen molar-refractivity contribution in [2.75, 3.05) is 6.61 Å². The highest BCUT2D eigenvalue weighted by Crippen LogP contribution is 2.26. The molecular formula is C23H29ClN2O4. The standard InChI is InChI=1S/C23H29ClN2O4/c1-14-11-19(12-15(2)21(14)24)29-13-20(27)25-26-22(28)16(3)30-18-9-7-17(8-10-18)23(4,5)6/h7-12,16H,13H2,1-6H3,(H,25,27)(H,26,28). The smallest absolute Gasteiger partial charge is 0.279 e. The molecule has 0 saturated heterocycles. The van der Waals surface area contributed by atoms with Gasteiger partial charge in [0.1, 0.15) is 11.5 Å². The number of hydrazine groups is 1. The first kappa shape index (κ1) is 23.5. The summed E-state index contributed by atoms with van der Waals surface area (Å²) in [5.74, 6) is 0.150. The molecule has 1 atom stereocenters. The van der Waals surface area contributed by atoms with Gasteiger partial charge in [-0.25, -0.2) is 0 Å². The number of amides is 2. The predicted molar refractivity (Wildman–Crippen MR) is 118 cm³/mol.